The standard InChI is InChI=1S/C12H17NO/c1-3-11(13)9-4-5-12-10(7-9)6-8(2)14-12/h4-5,7-8,11H,3,6,13H2,1-2H3/t8?,11-/m1/s1. The summed E-state index contributed by atoms with van der Waals surface area (Å²) in [5, 5.41) is 0. The van der Waals surface area contributed by atoms with E-state index in [2.05, 4.69) is 26.0 Å². The van der Waals surface area contributed by atoms with Gasteiger partial charge in [0.15, 0.2) is 0 Å². The predicted octanol–water partition coefficient (Wildman–Crippen LogP) is 2.42. The third-order valence-electron chi connectivity index (χ3n) is 2.79. The Morgan fingerprint density at radius 2 is 2.36 bits per heavy atom. The van der Waals surface area contributed by atoms with Gasteiger partial charge in [-0.15, -0.1) is 0 Å². The highest BCUT2D eigenvalue weighted by molar-refractivity contribution is 5.41. The average Bonchev–Trinajstić information content (AvgIpc) is 2.55. The maximum atomic E-state index is 5.98. The average molecular weight is 191 g/mol. The summed E-state index contributed by atoms with van der Waals surface area (Å²) >= 11 is 0. The lowest BCUT2D eigenvalue weighted by molar-refractivity contribution is 0.254. The van der Waals surface area contributed by atoms with E-state index in [1.807, 2.05) is 6.07 Å². The van der Waals surface area contributed by atoms with E-state index in [1.165, 1.54) is 11.1 Å². The van der Waals surface area contributed by atoms with Crippen molar-refractivity contribution in [1.82, 2.24) is 0 Å². The van der Waals surface area contributed by atoms with Crippen molar-refractivity contribution in [2.24, 2.45) is 5.73 Å². The normalized spacial score (nSPS) is 21.5. The molecule has 0 saturated heterocycles. The molecular weight excluding hydrogens is 174 g/mol. The number of nitrogens with two attached hydrogens (primary N) is 1. The van der Waals surface area contributed by atoms with Gasteiger partial charge >= 0.3 is 0 Å². The first kappa shape index (κ1) is 9.53. The van der Waals surface area contributed by atoms with E-state index in [1.54, 1.807) is 0 Å². The van der Waals surface area contributed by atoms with Gasteiger partial charge in [0, 0.05) is 12.5 Å². The van der Waals surface area contributed by atoms with Crippen LogP contribution in [0.25, 0.3) is 0 Å². The molecule has 1 aromatic carbocycles. The van der Waals surface area contributed by atoms with Crippen molar-refractivity contribution in [3.63, 3.8) is 0 Å². The Morgan fingerprint density at radius 1 is 1.57 bits per heavy atom. The number of benzene rings is 1. The molecule has 0 amide bonds. The number of hydrogen-bond donors (Lipinski definition) is 1. The molecule has 0 spiro atoms. The zero-order valence-corrected chi connectivity index (χ0v) is 8.79. The number of rotatable bonds is 2. The van der Waals surface area contributed by atoms with Crippen molar-refractivity contribution in [3.8, 4) is 5.75 Å². The van der Waals surface area contributed by atoms with Crippen LogP contribution in [0.5, 0.6) is 5.75 Å². The Bertz CT molecular complexity index is 335. The molecule has 1 aliphatic rings. The summed E-state index contributed by atoms with van der Waals surface area (Å²) in [5.41, 5.74) is 8.51. The van der Waals surface area contributed by atoms with Crippen LogP contribution in [0.3, 0.4) is 0 Å². The molecule has 0 fully saturated rings. The van der Waals surface area contributed by atoms with Crippen molar-refractivity contribution in [3.05, 3.63) is 29.3 Å². The SMILES string of the molecule is CC[C@@H](N)c1ccc2c(c1)CC(C)O2. The summed E-state index contributed by atoms with van der Waals surface area (Å²) in [6.07, 6.45) is 2.31. The van der Waals surface area contributed by atoms with Crippen LogP contribution >= 0.6 is 0 Å². The number of hydrogen-bond acceptors (Lipinski definition) is 2. The monoisotopic (exact) mass is 191 g/mol. The molecular formula is C12H17NO. The molecule has 1 aliphatic heterocycles. The van der Waals surface area contributed by atoms with Gasteiger partial charge in [-0.2, -0.15) is 0 Å². The zero-order valence-electron chi connectivity index (χ0n) is 8.79. The molecule has 2 nitrogen and oxygen atoms in total. The van der Waals surface area contributed by atoms with Crippen LogP contribution in [-0.4, -0.2) is 6.10 Å². The van der Waals surface area contributed by atoms with Crippen molar-refractivity contribution in [2.75, 3.05) is 0 Å². The Hall–Kier alpha value is -1.02. The molecule has 1 unspecified atom stereocenters. The van der Waals surface area contributed by atoms with Gasteiger partial charge in [0.1, 0.15) is 11.9 Å². The van der Waals surface area contributed by atoms with Crippen molar-refractivity contribution in [2.45, 2.75) is 38.8 Å². The minimum absolute atomic E-state index is 0.163. The number of fused-ring (bicyclic) bond motifs is 1. The van der Waals surface area contributed by atoms with E-state index in [0.29, 0.717) is 6.10 Å². The number of ether oxygens (including phenoxy) is 1. The maximum Gasteiger partial charge on any atom is 0.123 e. The second-order valence-corrected chi connectivity index (χ2v) is 4.01. The zero-order chi connectivity index (χ0) is 10.1. The topological polar surface area (TPSA) is 35.2 Å². The van der Waals surface area contributed by atoms with E-state index < -0.39 is 0 Å². The van der Waals surface area contributed by atoms with Gasteiger partial charge in [-0.1, -0.05) is 19.1 Å². The molecule has 0 aliphatic carbocycles. The third kappa shape index (κ3) is 1.62. The molecule has 1 heterocycles. The van der Waals surface area contributed by atoms with Crippen molar-refractivity contribution >= 4 is 0 Å². The van der Waals surface area contributed by atoms with Crippen LogP contribution in [0.2, 0.25) is 0 Å². The first-order chi connectivity index (χ1) is 6.70. The van der Waals surface area contributed by atoms with Crippen LogP contribution in [0.15, 0.2) is 18.2 Å². The lowest BCUT2D eigenvalue weighted by Gasteiger charge is -2.10. The van der Waals surface area contributed by atoms with Gasteiger partial charge in [0.2, 0.25) is 0 Å². The molecule has 0 radical (unpaired) electrons. The van der Waals surface area contributed by atoms with Crippen molar-refractivity contribution < 1.29 is 4.74 Å². The van der Waals surface area contributed by atoms with Crippen LogP contribution in [0.4, 0.5) is 0 Å². The summed E-state index contributed by atoms with van der Waals surface area (Å²) in [7, 11) is 0. The predicted molar refractivity (Wildman–Crippen MR) is 57.5 cm³/mol. The van der Waals surface area contributed by atoms with Gasteiger partial charge < -0.3 is 10.5 Å². The Balaban J connectivity index is 2.28. The Morgan fingerprint density at radius 3 is 3.07 bits per heavy atom. The Labute approximate surface area is 85.1 Å². The summed E-state index contributed by atoms with van der Waals surface area (Å²) in [4.78, 5) is 0. The lowest BCUT2D eigenvalue weighted by Crippen LogP contribution is -2.08. The third-order valence-corrected chi connectivity index (χ3v) is 2.79. The minimum atomic E-state index is 0.163. The van der Waals surface area contributed by atoms with Gasteiger partial charge in [-0.25, -0.2) is 0 Å². The smallest absolute Gasteiger partial charge is 0.123 e. The summed E-state index contributed by atoms with van der Waals surface area (Å²) in [6, 6.07) is 6.47. The second-order valence-electron chi connectivity index (χ2n) is 4.01. The fraction of sp³-hybridized carbons (Fsp3) is 0.500. The van der Waals surface area contributed by atoms with Gasteiger partial charge in [0.05, 0.1) is 0 Å². The van der Waals surface area contributed by atoms with Crippen molar-refractivity contribution in [1.29, 1.82) is 0 Å². The summed E-state index contributed by atoms with van der Waals surface area (Å²) in [5.74, 6) is 1.03. The first-order valence-corrected chi connectivity index (χ1v) is 5.25. The Kier molecular flexibility index (Phi) is 2.46. The van der Waals surface area contributed by atoms with Gasteiger partial charge in [-0.3, -0.25) is 0 Å². The van der Waals surface area contributed by atoms with Crippen LogP contribution in [0, 0.1) is 0 Å². The summed E-state index contributed by atoms with van der Waals surface area (Å²) in [6.45, 7) is 4.20. The maximum absolute atomic E-state index is 5.98. The summed E-state index contributed by atoms with van der Waals surface area (Å²) < 4.78 is 5.63. The molecule has 0 bridgehead atoms. The first-order valence-electron chi connectivity index (χ1n) is 5.25. The molecule has 2 heteroatoms. The van der Waals surface area contributed by atoms with Crippen LogP contribution in [-0.2, 0) is 6.42 Å². The van der Waals surface area contributed by atoms with Crippen LogP contribution in [0.1, 0.15) is 37.4 Å². The quantitative estimate of drug-likeness (QED) is 0.779. The second kappa shape index (κ2) is 3.62. The molecule has 0 saturated carbocycles. The largest absolute Gasteiger partial charge is 0.490 e. The van der Waals surface area contributed by atoms with E-state index in [-0.39, 0.29) is 6.04 Å². The molecule has 14 heavy (non-hydrogen) atoms. The molecule has 2 N–H and O–H groups in total. The fourth-order valence-corrected chi connectivity index (χ4v) is 1.91. The van der Waals surface area contributed by atoms with E-state index in [4.69, 9.17) is 10.5 Å². The van der Waals surface area contributed by atoms with E-state index >= 15 is 0 Å². The van der Waals surface area contributed by atoms with E-state index in [0.717, 1.165) is 18.6 Å². The lowest BCUT2D eigenvalue weighted by atomic mass is 10.0. The molecule has 2 atom stereocenters. The van der Waals surface area contributed by atoms with Gasteiger partial charge in [-0.05, 0) is 30.5 Å². The molecule has 1 aromatic rings. The fourth-order valence-electron chi connectivity index (χ4n) is 1.91. The molecule has 0 aromatic heterocycles. The minimum Gasteiger partial charge on any atom is -0.490 e. The van der Waals surface area contributed by atoms with Gasteiger partial charge in [0.25, 0.3) is 0 Å². The van der Waals surface area contributed by atoms with E-state index in [9.17, 15) is 0 Å². The highest BCUT2D eigenvalue weighted by atomic mass is 16.5. The highest BCUT2D eigenvalue weighted by Gasteiger charge is 2.19. The highest BCUT2D eigenvalue weighted by Crippen LogP contribution is 2.31. The molecule has 2 rings (SSSR count). The van der Waals surface area contributed by atoms with Crippen LogP contribution < -0.4 is 10.5 Å². The molecule has 76 valence electrons.